The van der Waals surface area contributed by atoms with Gasteiger partial charge in [0.05, 0.1) is 0 Å². The van der Waals surface area contributed by atoms with E-state index in [0.29, 0.717) is 11.8 Å². The summed E-state index contributed by atoms with van der Waals surface area (Å²) in [5.74, 6) is 0.947. The summed E-state index contributed by atoms with van der Waals surface area (Å²) >= 11 is 0. The number of benzene rings is 1. The van der Waals surface area contributed by atoms with E-state index in [9.17, 15) is 4.79 Å². The van der Waals surface area contributed by atoms with Gasteiger partial charge in [-0.3, -0.25) is 4.79 Å². The predicted octanol–water partition coefficient (Wildman–Crippen LogP) is 2.78. The Morgan fingerprint density at radius 3 is 2.50 bits per heavy atom. The van der Waals surface area contributed by atoms with E-state index in [4.69, 9.17) is 5.73 Å². The van der Waals surface area contributed by atoms with E-state index in [-0.39, 0.29) is 5.91 Å². The zero-order valence-electron chi connectivity index (χ0n) is 11.1. The van der Waals surface area contributed by atoms with Crippen LogP contribution >= 0.6 is 0 Å². The fraction of sp³-hybridized carbons (Fsp3) is 0.533. The molecule has 1 amide bonds. The third kappa shape index (κ3) is 2.50. The van der Waals surface area contributed by atoms with Crippen molar-refractivity contribution in [2.45, 2.75) is 38.6 Å². The third-order valence-electron chi connectivity index (χ3n) is 4.30. The first-order chi connectivity index (χ1) is 8.53. The molecule has 3 nitrogen and oxygen atoms in total. The molecular formula is C15H22N2O. The minimum absolute atomic E-state index is 0.231. The number of hydrogen-bond donors (Lipinski definition) is 2. The van der Waals surface area contributed by atoms with E-state index in [0.717, 1.165) is 24.9 Å². The minimum Gasteiger partial charge on any atom is -0.371 e. The first-order valence-corrected chi connectivity index (χ1v) is 6.67. The molecule has 3 atom stereocenters. The molecule has 1 fully saturated rings. The summed E-state index contributed by atoms with van der Waals surface area (Å²) in [6, 6.07) is 9.85. The van der Waals surface area contributed by atoms with Crippen LogP contribution in [-0.4, -0.2) is 11.4 Å². The van der Waals surface area contributed by atoms with Crippen LogP contribution in [-0.2, 0) is 4.79 Å². The van der Waals surface area contributed by atoms with E-state index < -0.39 is 5.54 Å². The van der Waals surface area contributed by atoms with Crippen LogP contribution < -0.4 is 11.1 Å². The van der Waals surface area contributed by atoms with E-state index in [1.165, 1.54) is 0 Å². The summed E-state index contributed by atoms with van der Waals surface area (Å²) in [4.78, 5) is 11.9. The highest BCUT2D eigenvalue weighted by atomic mass is 16.1. The molecule has 2 rings (SSSR count). The Morgan fingerprint density at radius 1 is 1.28 bits per heavy atom. The summed E-state index contributed by atoms with van der Waals surface area (Å²) in [6.45, 7) is 4.45. The molecule has 3 heteroatoms. The van der Waals surface area contributed by atoms with Gasteiger partial charge in [-0.15, -0.1) is 0 Å². The highest BCUT2D eigenvalue weighted by Crippen LogP contribution is 2.38. The van der Waals surface area contributed by atoms with Gasteiger partial charge in [-0.25, -0.2) is 0 Å². The fourth-order valence-electron chi connectivity index (χ4n) is 2.81. The number of amides is 1. The highest BCUT2D eigenvalue weighted by molar-refractivity contribution is 5.88. The average molecular weight is 246 g/mol. The second-order valence-electron chi connectivity index (χ2n) is 5.63. The van der Waals surface area contributed by atoms with Crippen LogP contribution in [0.15, 0.2) is 30.3 Å². The van der Waals surface area contributed by atoms with Crippen LogP contribution in [0.5, 0.6) is 0 Å². The Labute approximate surface area is 109 Å². The summed E-state index contributed by atoms with van der Waals surface area (Å²) in [5, 5.41) is 3.37. The number of carbonyl (C=O) groups excluding carboxylic acids is 1. The zero-order valence-corrected chi connectivity index (χ0v) is 11.1. The van der Waals surface area contributed by atoms with Crippen molar-refractivity contribution < 1.29 is 4.79 Å². The van der Waals surface area contributed by atoms with Gasteiger partial charge in [-0.1, -0.05) is 32.0 Å². The molecular weight excluding hydrogens is 224 g/mol. The first-order valence-electron chi connectivity index (χ1n) is 6.67. The number of nitrogens with one attached hydrogen (secondary N) is 1. The number of para-hydroxylation sites is 1. The van der Waals surface area contributed by atoms with Crippen LogP contribution in [0.1, 0.15) is 33.1 Å². The molecule has 0 aromatic heterocycles. The SMILES string of the molecule is CC1CCC(Nc2ccccc2)(C(N)=O)CC1C. The van der Waals surface area contributed by atoms with Crippen molar-refractivity contribution in [3.8, 4) is 0 Å². The van der Waals surface area contributed by atoms with Gasteiger partial charge in [0, 0.05) is 5.69 Å². The molecule has 1 aliphatic rings. The van der Waals surface area contributed by atoms with Crippen molar-refractivity contribution in [1.82, 2.24) is 0 Å². The molecule has 0 aliphatic heterocycles. The Morgan fingerprint density at radius 2 is 1.94 bits per heavy atom. The van der Waals surface area contributed by atoms with Crippen LogP contribution in [0.25, 0.3) is 0 Å². The number of rotatable bonds is 3. The summed E-state index contributed by atoms with van der Waals surface area (Å²) < 4.78 is 0. The largest absolute Gasteiger partial charge is 0.371 e. The lowest BCUT2D eigenvalue weighted by Crippen LogP contribution is -2.54. The monoisotopic (exact) mass is 246 g/mol. The lowest BCUT2D eigenvalue weighted by molar-refractivity contribution is -0.124. The number of nitrogens with two attached hydrogens (primary N) is 1. The van der Waals surface area contributed by atoms with Crippen molar-refractivity contribution in [3.63, 3.8) is 0 Å². The smallest absolute Gasteiger partial charge is 0.243 e. The molecule has 3 unspecified atom stereocenters. The number of hydrogen-bond acceptors (Lipinski definition) is 2. The molecule has 3 N–H and O–H groups in total. The van der Waals surface area contributed by atoms with Crippen molar-refractivity contribution in [1.29, 1.82) is 0 Å². The van der Waals surface area contributed by atoms with Gasteiger partial charge < -0.3 is 11.1 Å². The first kappa shape index (κ1) is 12.9. The Hall–Kier alpha value is -1.51. The molecule has 1 aliphatic carbocycles. The lowest BCUT2D eigenvalue weighted by atomic mass is 9.70. The summed E-state index contributed by atoms with van der Waals surface area (Å²) in [6.07, 6.45) is 2.69. The molecule has 0 spiro atoms. The molecule has 0 radical (unpaired) electrons. The standard InChI is InChI=1S/C15H22N2O/c1-11-8-9-15(14(16)18,10-12(11)2)17-13-6-4-3-5-7-13/h3-7,11-12,17H,8-10H2,1-2H3,(H2,16,18). The number of primary amides is 1. The van der Waals surface area contributed by atoms with Gasteiger partial charge in [0.15, 0.2) is 0 Å². The van der Waals surface area contributed by atoms with Gasteiger partial charge in [-0.05, 0) is 43.2 Å². The van der Waals surface area contributed by atoms with E-state index in [2.05, 4.69) is 19.2 Å². The third-order valence-corrected chi connectivity index (χ3v) is 4.30. The Kier molecular flexibility index (Phi) is 3.60. The molecule has 0 bridgehead atoms. The minimum atomic E-state index is -0.576. The van der Waals surface area contributed by atoms with Crippen molar-refractivity contribution in [2.75, 3.05) is 5.32 Å². The maximum Gasteiger partial charge on any atom is 0.243 e. The second-order valence-corrected chi connectivity index (χ2v) is 5.63. The Bertz CT molecular complexity index is 418. The molecule has 0 saturated heterocycles. The Balaban J connectivity index is 2.20. The fourth-order valence-corrected chi connectivity index (χ4v) is 2.81. The van der Waals surface area contributed by atoms with E-state index in [1.807, 2.05) is 30.3 Å². The molecule has 1 saturated carbocycles. The molecule has 18 heavy (non-hydrogen) atoms. The summed E-state index contributed by atoms with van der Waals surface area (Å²) in [5.41, 5.74) is 6.05. The van der Waals surface area contributed by atoms with Crippen molar-refractivity contribution in [3.05, 3.63) is 30.3 Å². The highest BCUT2D eigenvalue weighted by Gasteiger charge is 2.42. The van der Waals surface area contributed by atoms with Gasteiger partial charge in [-0.2, -0.15) is 0 Å². The predicted molar refractivity (Wildman–Crippen MR) is 74.2 cm³/mol. The molecule has 0 heterocycles. The lowest BCUT2D eigenvalue weighted by Gasteiger charge is -2.41. The number of carbonyl (C=O) groups is 1. The summed E-state index contributed by atoms with van der Waals surface area (Å²) in [7, 11) is 0. The molecule has 1 aromatic rings. The molecule has 98 valence electrons. The topological polar surface area (TPSA) is 55.1 Å². The van der Waals surface area contributed by atoms with Crippen LogP contribution in [0.2, 0.25) is 0 Å². The average Bonchev–Trinajstić information content (AvgIpc) is 2.35. The zero-order chi connectivity index (χ0) is 13.2. The second kappa shape index (κ2) is 5.01. The quantitative estimate of drug-likeness (QED) is 0.861. The van der Waals surface area contributed by atoms with Gasteiger partial charge in [0.1, 0.15) is 5.54 Å². The van der Waals surface area contributed by atoms with Crippen molar-refractivity contribution in [2.24, 2.45) is 17.6 Å². The normalized spacial score (nSPS) is 31.9. The van der Waals surface area contributed by atoms with Crippen LogP contribution in [0.4, 0.5) is 5.69 Å². The van der Waals surface area contributed by atoms with Crippen molar-refractivity contribution >= 4 is 11.6 Å². The van der Waals surface area contributed by atoms with Crippen LogP contribution in [0.3, 0.4) is 0 Å². The van der Waals surface area contributed by atoms with E-state index >= 15 is 0 Å². The van der Waals surface area contributed by atoms with E-state index in [1.54, 1.807) is 0 Å². The van der Waals surface area contributed by atoms with Gasteiger partial charge in [0.2, 0.25) is 5.91 Å². The molecule has 1 aromatic carbocycles. The maximum atomic E-state index is 11.9. The maximum absolute atomic E-state index is 11.9. The number of anilines is 1. The van der Waals surface area contributed by atoms with Gasteiger partial charge in [0.25, 0.3) is 0 Å². The van der Waals surface area contributed by atoms with Gasteiger partial charge >= 0.3 is 0 Å². The van der Waals surface area contributed by atoms with Crippen LogP contribution in [0, 0.1) is 11.8 Å².